The molecule has 0 aromatic heterocycles. The summed E-state index contributed by atoms with van der Waals surface area (Å²) in [5.41, 5.74) is 9.51. The van der Waals surface area contributed by atoms with Crippen molar-refractivity contribution in [1.82, 2.24) is 5.32 Å². The van der Waals surface area contributed by atoms with Crippen molar-refractivity contribution in [3.05, 3.63) is 71.8 Å². The number of hydrogen-bond donors (Lipinski definition) is 2. The van der Waals surface area contributed by atoms with Gasteiger partial charge in [-0.1, -0.05) is 108 Å². The number of benzene rings is 2. The van der Waals surface area contributed by atoms with Crippen LogP contribution in [0.5, 0.6) is 0 Å². The van der Waals surface area contributed by atoms with E-state index in [9.17, 15) is 0 Å². The predicted molar refractivity (Wildman–Crippen MR) is 127 cm³/mol. The van der Waals surface area contributed by atoms with Crippen LogP contribution in [0.15, 0.2) is 60.7 Å². The van der Waals surface area contributed by atoms with Crippen molar-refractivity contribution in [3.63, 3.8) is 0 Å². The van der Waals surface area contributed by atoms with Gasteiger partial charge in [-0.2, -0.15) is 0 Å². The fourth-order valence-electron chi connectivity index (χ4n) is 5.21. The maximum Gasteiger partial charge on any atom is 0.0787 e. The van der Waals surface area contributed by atoms with E-state index < -0.39 is 5.66 Å². The van der Waals surface area contributed by atoms with Crippen LogP contribution in [0.1, 0.15) is 70.9 Å². The summed E-state index contributed by atoms with van der Waals surface area (Å²) in [6.45, 7) is 9.24. The molecule has 0 saturated carbocycles. The highest BCUT2D eigenvalue weighted by Gasteiger charge is 2.53. The van der Waals surface area contributed by atoms with Crippen LogP contribution >= 0.6 is 0 Å². The standard InChI is InChI=1S/C27H42N2/c1-6-23(4)27(28,29-5)26(22(2)3,25-19-13-8-14-20-25)21-15-9-12-18-24-16-10-7-11-17-24/h7-8,10-11,13-14,16-17,19-20,22-23,29H,6,9,12,15,18,21,28H2,1-5H3. The Bertz CT molecular complexity index is 697. The minimum Gasteiger partial charge on any atom is -0.312 e. The van der Waals surface area contributed by atoms with Crippen LogP contribution in [0.2, 0.25) is 0 Å². The molecule has 3 N–H and O–H groups in total. The lowest BCUT2D eigenvalue weighted by Crippen LogP contribution is -2.71. The molecule has 29 heavy (non-hydrogen) atoms. The van der Waals surface area contributed by atoms with Crippen molar-refractivity contribution < 1.29 is 0 Å². The third-order valence-electron chi connectivity index (χ3n) is 7.20. The van der Waals surface area contributed by atoms with E-state index in [0.29, 0.717) is 11.8 Å². The van der Waals surface area contributed by atoms with Gasteiger partial charge in [-0.25, -0.2) is 0 Å². The van der Waals surface area contributed by atoms with Gasteiger partial charge < -0.3 is 11.1 Å². The second-order valence-corrected chi connectivity index (χ2v) is 8.97. The molecule has 0 bridgehead atoms. The fourth-order valence-corrected chi connectivity index (χ4v) is 5.21. The van der Waals surface area contributed by atoms with Crippen molar-refractivity contribution in [2.24, 2.45) is 17.6 Å². The Kier molecular flexibility index (Phi) is 8.92. The van der Waals surface area contributed by atoms with Crippen LogP contribution in [0.25, 0.3) is 0 Å². The summed E-state index contributed by atoms with van der Waals surface area (Å²) >= 11 is 0. The topological polar surface area (TPSA) is 38.0 Å². The second kappa shape index (κ2) is 10.9. The van der Waals surface area contributed by atoms with E-state index >= 15 is 0 Å². The first-order valence-electron chi connectivity index (χ1n) is 11.5. The summed E-state index contributed by atoms with van der Waals surface area (Å²) < 4.78 is 0. The van der Waals surface area contributed by atoms with Gasteiger partial charge in [0.2, 0.25) is 0 Å². The molecule has 0 heterocycles. The molecule has 0 spiro atoms. The van der Waals surface area contributed by atoms with E-state index in [1.165, 1.54) is 30.4 Å². The summed E-state index contributed by atoms with van der Waals surface area (Å²) in [5, 5.41) is 3.59. The van der Waals surface area contributed by atoms with Gasteiger partial charge in [-0.05, 0) is 49.3 Å². The normalized spacial score (nSPS) is 16.9. The first-order valence-corrected chi connectivity index (χ1v) is 11.5. The Hall–Kier alpha value is -1.64. The van der Waals surface area contributed by atoms with Gasteiger partial charge in [0.1, 0.15) is 0 Å². The van der Waals surface area contributed by atoms with Crippen molar-refractivity contribution in [2.75, 3.05) is 7.05 Å². The molecule has 0 aliphatic rings. The molecule has 2 rings (SSSR count). The fraction of sp³-hybridized carbons (Fsp3) is 0.556. The summed E-state index contributed by atoms with van der Waals surface area (Å²) in [6, 6.07) is 21.8. The highest BCUT2D eigenvalue weighted by atomic mass is 15.1. The van der Waals surface area contributed by atoms with Crippen LogP contribution < -0.4 is 11.1 Å². The Labute approximate surface area is 179 Å². The number of nitrogens with two attached hydrogens (primary N) is 1. The minimum absolute atomic E-state index is 0.106. The number of likely N-dealkylation sites (N-methyl/N-ethyl adjacent to an activating group) is 1. The largest absolute Gasteiger partial charge is 0.312 e. The van der Waals surface area contributed by atoms with Gasteiger partial charge in [-0.15, -0.1) is 0 Å². The number of unbranched alkanes of at least 4 members (excludes halogenated alkanes) is 2. The Balaban J connectivity index is 2.24. The van der Waals surface area contributed by atoms with Gasteiger partial charge in [0.25, 0.3) is 0 Å². The first kappa shape index (κ1) is 23.6. The lowest BCUT2D eigenvalue weighted by molar-refractivity contribution is 0.0577. The van der Waals surface area contributed by atoms with Gasteiger partial charge in [0.05, 0.1) is 5.66 Å². The number of rotatable bonds is 12. The van der Waals surface area contributed by atoms with E-state index in [0.717, 1.165) is 19.3 Å². The molecular weight excluding hydrogens is 352 g/mol. The SMILES string of the molecule is CCC(C)C(N)(NC)C(CCCCCc1ccccc1)(c1ccccc1)C(C)C. The van der Waals surface area contributed by atoms with Crippen LogP contribution in [0.4, 0.5) is 0 Å². The summed E-state index contributed by atoms with van der Waals surface area (Å²) in [6.07, 6.45) is 6.98. The maximum absolute atomic E-state index is 7.26. The zero-order chi connectivity index (χ0) is 21.3. The predicted octanol–water partition coefficient (Wildman–Crippen LogP) is 6.30. The smallest absolute Gasteiger partial charge is 0.0787 e. The highest BCUT2D eigenvalue weighted by molar-refractivity contribution is 5.32. The average molecular weight is 395 g/mol. The molecule has 0 saturated heterocycles. The molecule has 2 aromatic rings. The van der Waals surface area contributed by atoms with Crippen molar-refractivity contribution in [3.8, 4) is 0 Å². The lowest BCUT2D eigenvalue weighted by Gasteiger charge is -2.55. The molecular formula is C27H42N2. The Morgan fingerprint density at radius 1 is 0.862 bits per heavy atom. The summed E-state index contributed by atoms with van der Waals surface area (Å²) in [4.78, 5) is 0. The number of nitrogens with one attached hydrogen (secondary N) is 1. The quantitative estimate of drug-likeness (QED) is 0.327. The Morgan fingerprint density at radius 3 is 1.97 bits per heavy atom. The van der Waals surface area contributed by atoms with Crippen LogP contribution in [0, 0.1) is 11.8 Å². The van der Waals surface area contributed by atoms with E-state index in [1.54, 1.807) is 0 Å². The average Bonchev–Trinajstić information content (AvgIpc) is 2.76. The number of hydrogen-bond acceptors (Lipinski definition) is 2. The van der Waals surface area contributed by atoms with Gasteiger partial charge in [0.15, 0.2) is 0 Å². The van der Waals surface area contributed by atoms with Gasteiger partial charge in [-0.3, -0.25) is 0 Å². The van der Waals surface area contributed by atoms with Gasteiger partial charge >= 0.3 is 0 Å². The molecule has 2 heteroatoms. The van der Waals surface area contributed by atoms with Gasteiger partial charge in [0, 0.05) is 5.41 Å². The van der Waals surface area contributed by atoms with E-state index in [2.05, 4.69) is 93.7 Å². The lowest BCUT2D eigenvalue weighted by atomic mass is 9.57. The summed E-state index contributed by atoms with van der Waals surface area (Å²) in [5.74, 6) is 0.810. The highest BCUT2D eigenvalue weighted by Crippen LogP contribution is 2.47. The zero-order valence-electron chi connectivity index (χ0n) is 19.2. The van der Waals surface area contributed by atoms with Crippen LogP contribution in [0.3, 0.4) is 0 Å². The molecule has 0 fully saturated rings. The zero-order valence-corrected chi connectivity index (χ0v) is 19.2. The molecule has 0 radical (unpaired) electrons. The molecule has 0 amide bonds. The molecule has 160 valence electrons. The molecule has 2 nitrogen and oxygen atoms in total. The monoisotopic (exact) mass is 394 g/mol. The van der Waals surface area contributed by atoms with Crippen LogP contribution in [-0.4, -0.2) is 12.7 Å². The molecule has 3 unspecified atom stereocenters. The second-order valence-electron chi connectivity index (χ2n) is 8.97. The Morgan fingerprint density at radius 2 is 1.45 bits per heavy atom. The van der Waals surface area contributed by atoms with Crippen LogP contribution in [-0.2, 0) is 11.8 Å². The van der Waals surface area contributed by atoms with E-state index in [1.807, 2.05) is 7.05 Å². The van der Waals surface area contributed by atoms with Crippen molar-refractivity contribution in [2.45, 2.75) is 77.3 Å². The maximum atomic E-state index is 7.26. The molecule has 3 atom stereocenters. The van der Waals surface area contributed by atoms with Crippen molar-refractivity contribution in [1.29, 1.82) is 0 Å². The number of aryl methyl sites for hydroxylation is 1. The third-order valence-corrected chi connectivity index (χ3v) is 7.20. The van der Waals surface area contributed by atoms with Crippen molar-refractivity contribution >= 4 is 0 Å². The minimum atomic E-state index is -0.448. The molecule has 2 aromatic carbocycles. The first-order chi connectivity index (χ1) is 13.9. The van der Waals surface area contributed by atoms with E-state index in [4.69, 9.17) is 5.73 Å². The van der Waals surface area contributed by atoms with E-state index in [-0.39, 0.29) is 5.41 Å². The third kappa shape index (κ3) is 5.10. The molecule has 0 aliphatic heterocycles. The summed E-state index contributed by atoms with van der Waals surface area (Å²) in [7, 11) is 2.04. The molecule has 0 aliphatic carbocycles.